The first kappa shape index (κ1) is 18.8. The number of rotatable bonds is 0. The summed E-state index contributed by atoms with van der Waals surface area (Å²) < 4.78 is 1.84. The first-order valence-electron chi connectivity index (χ1n) is 5.57. The van der Waals surface area contributed by atoms with Crippen LogP contribution in [0.25, 0.3) is 0 Å². The fourth-order valence-corrected chi connectivity index (χ4v) is 1.15. The van der Waals surface area contributed by atoms with E-state index in [1.807, 2.05) is 97.5 Å². The summed E-state index contributed by atoms with van der Waals surface area (Å²) in [5.41, 5.74) is 0. The van der Waals surface area contributed by atoms with Gasteiger partial charge in [-0.2, -0.15) is 13.3 Å². The van der Waals surface area contributed by atoms with Crippen molar-refractivity contribution in [2.75, 3.05) is 28.2 Å². The normalized spacial score (nSPS) is 16.9. The van der Waals surface area contributed by atoms with Gasteiger partial charge >= 0.3 is 44.4 Å². The third kappa shape index (κ3) is 11.3. The topological polar surface area (TPSA) is 13.0 Å². The third-order valence-electron chi connectivity index (χ3n) is 1.96. The molecule has 19 heavy (non-hydrogen) atoms. The second kappa shape index (κ2) is 10.5. The third-order valence-corrected chi connectivity index (χ3v) is 4.54. The molecule has 0 fully saturated rings. The summed E-state index contributed by atoms with van der Waals surface area (Å²) in [5.74, 6) is 0. The summed E-state index contributed by atoms with van der Waals surface area (Å²) in [6.45, 7) is 5.87. The van der Waals surface area contributed by atoms with Crippen molar-refractivity contribution in [1.82, 2.24) is 19.6 Å². The summed E-state index contributed by atoms with van der Waals surface area (Å²) in [5, 5.41) is 0. The molecule has 7 heteroatoms. The Morgan fingerprint density at radius 3 is 1.05 bits per heavy atom. The Labute approximate surface area is 130 Å². The van der Waals surface area contributed by atoms with Gasteiger partial charge in [-0.25, -0.2) is 0 Å². The molecule has 2 aliphatic rings. The van der Waals surface area contributed by atoms with Gasteiger partial charge in [0.05, 0.1) is 0 Å². The molecule has 0 amide bonds. The molecule has 0 aromatic carbocycles. The predicted molar refractivity (Wildman–Crippen MR) is 81.4 cm³/mol. The quantitative estimate of drug-likeness (QED) is 0.463. The summed E-state index contributed by atoms with van der Waals surface area (Å²) in [6.07, 6.45) is 8.00. The molecule has 0 bridgehead atoms. The van der Waals surface area contributed by atoms with E-state index in [9.17, 15) is 0 Å². The van der Waals surface area contributed by atoms with Gasteiger partial charge in [0, 0.05) is 0 Å². The predicted octanol–water partition coefficient (Wildman–Crippen LogP) is 2.64. The molecule has 0 N–H and O–H groups in total. The molecule has 0 radical (unpaired) electrons. The van der Waals surface area contributed by atoms with Gasteiger partial charge in [0.15, 0.2) is 0 Å². The van der Waals surface area contributed by atoms with Gasteiger partial charge in [-0.15, -0.1) is 0 Å². The minimum atomic E-state index is -1.36. The monoisotopic (exact) mass is 394 g/mol. The molecular formula is C12H22Cl2N4Ru-2. The van der Waals surface area contributed by atoms with E-state index in [1.165, 1.54) is 0 Å². The Morgan fingerprint density at radius 2 is 1.00 bits per heavy atom. The van der Waals surface area contributed by atoms with Crippen molar-refractivity contribution in [2.45, 2.75) is 6.92 Å². The van der Waals surface area contributed by atoms with Crippen LogP contribution in [0.15, 0.2) is 24.8 Å². The van der Waals surface area contributed by atoms with E-state index in [1.54, 1.807) is 0 Å². The van der Waals surface area contributed by atoms with Gasteiger partial charge in [-0.1, -0.05) is 0 Å². The Balaban J connectivity index is 0.000000261. The summed E-state index contributed by atoms with van der Waals surface area (Å²) >= 11 is -1.36. The number of hydrogen-bond donors (Lipinski definition) is 0. The van der Waals surface area contributed by atoms with E-state index in [2.05, 4.69) is 0 Å². The zero-order chi connectivity index (χ0) is 14.8. The zero-order valence-corrected chi connectivity index (χ0v) is 15.2. The van der Waals surface area contributed by atoms with E-state index in [4.69, 9.17) is 19.4 Å². The van der Waals surface area contributed by atoms with Gasteiger partial charge in [0.1, 0.15) is 0 Å². The van der Waals surface area contributed by atoms with Crippen LogP contribution in [0.5, 0.6) is 0 Å². The Morgan fingerprint density at radius 1 is 0.789 bits per heavy atom. The minimum absolute atomic E-state index is 1.36. The molecule has 0 saturated carbocycles. The Hall–Kier alpha value is -0.247. The van der Waals surface area contributed by atoms with Gasteiger partial charge in [-0.05, 0) is 53.0 Å². The molecule has 0 saturated heterocycles. The molecule has 0 atom stereocenters. The molecule has 0 spiro atoms. The van der Waals surface area contributed by atoms with E-state index < -0.39 is 13.5 Å². The molecule has 114 valence electrons. The van der Waals surface area contributed by atoms with Crippen LogP contribution in [-0.2, 0) is 13.5 Å². The molecule has 0 aromatic heterocycles. The number of nitrogens with zero attached hydrogens (tertiary/aromatic N) is 4. The van der Waals surface area contributed by atoms with E-state index >= 15 is 0 Å². The molecule has 2 aliphatic heterocycles. The van der Waals surface area contributed by atoms with E-state index in [-0.39, 0.29) is 0 Å². The average Bonchev–Trinajstić information content (AvgIpc) is 2.89. The number of halogens is 2. The molecule has 2 heterocycles. The maximum absolute atomic E-state index is 5.32. The molecule has 0 unspecified atom stereocenters. The van der Waals surface area contributed by atoms with Crippen molar-refractivity contribution >= 4 is 24.0 Å². The van der Waals surface area contributed by atoms with Crippen LogP contribution >= 0.6 is 19.4 Å². The van der Waals surface area contributed by atoms with Crippen LogP contribution in [0.1, 0.15) is 6.92 Å². The molecule has 0 aliphatic carbocycles. The number of hydrogen-bond acceptors (Lipinski definition) is 4. The van der Waals surface area contributed by atoms with Gasteiger partial charge < -0.3 is 19.6 Å². The van der Waals surface area contributed by atoms with Crippen molar-refractivity contribution in [1.29, 1.82) is 0 Å². The molecule has 0 aromatic rings. The van der Waals surface area contributed by atoms with Crippen LogP contribution < -0.4 is 0 Å². The van der Waals surface area contributed by atoms with Gasteiger partial charge in [-0.3, -0.25) is 0 Å². The van der Waals surface area contributed by atoms with Crippen LogP contribution in [0.4, 0.5) is 0 Å². The van der Waals surface area contributed by atoms with Gasteiger partial charge in [0.25, 0.3) is 0 Å². The maximum atomic E-state index is 5.32. The fourth-order valence-electron chi connectivity index (χ4n) is 1.15. The summed E-state index contributed by atoms with van der Waals surface area (Å²) in [4.78, 5) is 8.00. The molecule has 4 nitrogen and oxygen atoms in total. The standard InChI is InChI=1S/2C5H9N2.C2H4.2ClH.Ru/c2*1-6-3-4-7(2)5-6;1-2;;;/h2*3-5H,1-2H3;1H,2H3;2*1H;/q2*-1;;;;+2/p-2. The van der Waals surface area contributed by atoms with E-state index in [0.717, 1.165) is 0 Å². The van der Waals surface area contributed by atoms with Crippen molar-refractivity contribution in [3.05, 3.63) is 38.1 Å². The average molecular weight is 394 g/mol. The van der Waals surface area contributed by atoms with Crippen LogP contribution in [-0.4, -0.2) is 52.4 Å². The summed E-state index contributed by atoms with van der Waals surface area (Å²) in [7, 11) is 18.6. The first-order valence-corrected chi connectivity index (χ1v) is 11.0. The molecular weight excluding hydrogens is 372 g/mol. The van der Waals surface area contributed by atoms with Crippen LogP contribution in [0.3, 0.4) is 0 Å². The second-order valence-electron chi connectivity index (χ2n) is 3.90. The fraction of sp³-hybridized carbons (Fsp3) is 0.417. The van der Waals surface area contributed by atoms with Crippen LogP contribution in [0.2, 0.25) is 0 Å². The van der Waals surface area contributed by atoms with Crippen molar-refractivity contribution < 1.29 is 13.5 Å². The van der Waals surface area contributed by atoms with Crippen molar-refractivity contribution in [3.63, 3.8) is 0 Å². The molecule has 2 rings (SSSR count). The van der Waals surface area contributed by atoms with Crippen molar-refractivity contribution in [2.24, 2.45) is 0 Å². The van der Waals surface area contributed by atoms with Crippen LogP contribution in [0, 0.1) is 13.3 Å². The second-order valence-corrected chi connectivity index (χ2v) is 10.1. The van der Waals surface area contributed by atoms with Crippen molar-refractivity contribution in [3.8, 4) is 0 Å². The van der Waals surface area contributed by atoms with Gasteiger partial charge in [0.2, 0.25) is 0 Å². The zero-order valence-electron chi connectivity index (χ0n) is 11.9. The Bertz CT molecular complexity index is 286. The summed E-state index contributed by atoms with van der Waals surface area (Å²) in [6, 6.07) is 0. The first-order chi connectivity index (χ1) is 8.85. The Kier molecular flexibility index (Phi) is 10.4. The van der Waals surface area contributed by atoms with E-state index in [0.29, 0.717) is 0 Å². The SMILES string of the molecule is CN1C=CN(C)[CH-]1.CN1C=CN(C)[CH-]1.C[CH]=[Ru]([Cl])[Cl].